The third-order valence-corrected chi connectivity index (χ3v) is 0.791. The lowest BCUT2D eigenvalue weighted by molar-refractivity contribution is 0.950. The van der Waals surface area contributed by atoms with Crippen molar-refractivity contribution in [3.05, 3.63) is 24.2 Å². The smallest absolute Gasteiger partial charge is 0.0927 e. The predicted molar refractivity (Wildman–Crippen MR) is 35.9 cm³/mol. The molecular weight excluding hydrogens is 100 g/mol. The van der Waals surface area contributed by atoms with Crippen molar-refractivity contribution < 1.29 is 0 Å². The zero-order valence-electron chi connectivity index (χ0n) is 5.36. The molecule has 0 amide bonds. The van der Waals surface area contributed by atoms with E-state index in [9.17, 15) is 0 Å². The van der Waals surface area contributed by atoms with Gasteiger partial charge in [0.1, 0.15) is 0 Å². The van der Waals surface area contributed by atoms with Crippen molar-refractivity contribution in [3.63, 3.8) is 0 Å². The molecule has 0 atom stereocenters. The lowest BCUT2D eigenvalue weighted by Crippen LogP contribution is -2.15. The summed E-state index contributed by atoms with van der Waals surface area (Å²) >= 11 is 0. The predicted octanol–water partition coefficient (Wildman–Crippen LogP) is 0.930. The fourth-order valence-corrected chi connectivity index (χ4v) is 0.325. The summed E-state index contributed by atoms with van der Waals surface area (Å²) in [5.41, 5.74) is 6.25. The van der Waals surface area contributed by atoms with Crippen LogP contribution in [0.2, 0.25) is 0 Å². The van der Waals surface area contributed by atoms with Crippen LogP contribution in [-0.4, -0.2) is 0 Å². The minimum atomic E-state index is 0.487. The van der Waals surface area contributed by atoms with Crippen LogP contribution in [0.3, 0.4) is 0 Å². The van der Waals surface area contributed by atoms with Gasteiger partial charge in [0.25, 0.3) is 0 Å². The maximum Gasteiger partial charge on any atom is 0.0927 e. The van der Waals surface area contributed by atoms with Gasteiger partial charge in [-0.3, -0.25) is 0 Å². The number of rotatable bonds is 2. The van der Waals surface area contributed by atoms with Gasteiger partial charge in [-0.2, -0.15) is 0 Å². The quantitative estimate of drug-likeness (QED) is 0.557. The van der Waals surface area contributed by atoms with Gasteiger partial charge in [0.2, 0.25) is 0 Å². The third kappa shape index (κ3) is 3.28. The Kier molecular flexibility index (Phi) is 2.77. The fourth-order valence-electron chi connectivity index (χ4n) is 0.325. The van der Waals surface area contributed by atoms with E-state index in [2.05, 4.69) is 11.9 Å². The van der Waals surface area contributed by atoms with Gasteiger partial charge in [-0.15, -0.1) is 0 Å². The Morgan fingerprint density at radius 1 is 1.75 bits per heavy atom. The highest BCUT2D eigenvalue weighted by Gasteiger charge is 1.81. The normalized spacial score (nSPS) is 11.0. The van der Waals surface area contributed by atoms with Crippen molar-refractivity contribution in [1.29, 1.82) is 0 Å². The van der Waals surface area contributed by atoms with E-state index in [0.29, 0.717) is 5.82 Å². The molecule has 46 valence electrons. The molecule has 3 N–H and O–H groups in total. The van der Waals surface area contributed by atoms with E-state index in [1.54, 1.807) is 0 Å². The second-order valence-electron chi connectivity index (χ2n) is 1.62. The summed E-state index contributed by atoms with van der Waals surface area (Å²) in [5, 5.41) is 2.84. The molecule has 0 aromatic heterocycles. The Balaban J connectivity index is 3.56. The van der Waals surface area contributed by atoms with Crippen LogP contribution in [-0.2, 0) is 0 Å². The van der Waals surface area contributed by atoms with Crippen LogP contribution in [0.1, 0.15) is 13.8 Å². The second kappa shape index (κ2) is 3.13. The Labute approximate surface area is 50.1 Å². The molecule has 0 fully saturated rings. The molecule has 0 unspecified atom stereocenters. The summed E-state index contributed by atoms with van der Waals surface area (Å²) in [5.74, 6) is 0.487. The van der Waals surface area contributed by atoms with Crippen LogP contribution in [0.15, 0.2) is 24.2 Å². The highest BCUT2D eigenvalue weighted by molar-refractivity contribution is 5.01. The van der Waals surface area contributed by atoms with E-state index in [1.807, 2.05) is 19.9 Å². The summed E-state index contributed by atoms with van der Waals surface area (Å²) in [7, 11) is 0. The topological polar surface area (TPSA) is 38.0 Å². The van der Waals surface area contributed by atoms with E-state index in [-0.39, 0.29) is 0 Å². The number of allylic oxidation sites excluding steroid dienone is 2. The van der Waals surface area contributed by atoms with E-state index in [4.69, 9.17) is 5.73 Å². The Morgan fingerprint density at radius 3 is 2.38 bits per heavy atom. The Morgan fingerprint density at radius 2 is 2.25 bits per heavy atom. The molecule has 0 saturated heterocycles. The minimum absolute atomic E-state index is 0.487. The van der Waals surface area contributed by atoms with Crippen molar-refractivity contribution in [2.24, 2.45) is 5.73 Å². The highest BCUT2D eigenvalue weighted by Crippen LogP contribution is 1.84. The fraction of sp³-hybridized carbons (Fsp3) is 0.333. The van der Waals surface area contributed by atoms with E-state index < -0.39 is 0 Å². The van der Waals surface area contributed by atoms with Gasteiger partial charge >= 0.3 is 0 Å². The molecule has 0 heterocycles. The lowest BCUT2D eigenvalue weighted by Gasteiger charge is -2.01. The first-order valence-electron chi connectivity index (χ1n) is 2.51. The largest absolute Gasteiger partial charge is 0.386 e. The molecule has 0 aliphatic heterocycles. The average Bonchev–Trinajstić information content (AvgIpc) is 1.65. The van der Waals surface area contributed by atoms with Gasteiger partial charge in [0.05, 0.1) is 5.82 Å². The van der Waals surface area contributed by atoms with Gasteiger partial charge in [0, 0.05) is 5.70 Å². The van der Waals surface area contributed by atoms with Crippen LogP contribution in [0.25, 0.3) is 0 Å². The molecular formula is C6H12N2. The second-order valence-corrected chi connectivity index (χ2v) is 1.62. The van der Waals surface area contributed by atoms with Crippen LogP contribution in [0, 0.1) is 0 Å². The number of nitrogens with one attached hydrogen (secondary N) is 1. The van der Waals surface area contributed by atoms with Gasteiger partial charge < -0.3 is 11.1 Å². The molecule has 0 radical (unpaired) electrons. The highest BCUT2D eigenvalue weighted by atomic mass is 15.0. The van der Waals surface area contributed by atoms with Crippen molar-refractivity contribution >= 4 is 0 Å². The molecule has 2 nitrogen and oxygen atoms in total. The first-order chi connectivity index (χ1) is 3.66. The van der Waals surface area contributed by atoms with Crippen LogP contribution in [0.4, 0.5) is 0 Å². The molecule has 0 aliphatic carbocycles. The SMILES string of the molecule is C=C(N)N/C(C)=C/C. The average molecular weight is 112 g/mol. The van der Waals surface area contributed by atoms with Crippen molar-refractivity contribution in [2.45, 2.75) is 13.8 Å². The van der Waals surface area contributed by atoms with Gasteiger partial charge in [0.15, 0.2) is 0 Å². The molecule has 0 rings (SSSR count). The zero-order chi connectivity index (χ0) is 6.57. The molecule has 0 spiro atoms. The van der Waals surface area contributed by atoms with E-state index >= 15 is 0 Å². The Bertz CT molecular complexity index is 114. The lowest BCUT2D eigenvalue weighted by atomic mass is 10.4. The molecule has 8 heavy (non-hydrogen) atoms. The van der Waals surface area contributed by atoms with Crippen LogP contribution in [0.5, 0.6) is 0 Å². The van der Waals surface area contributed by atoms with E-state index in [1.165, 1.54) is 0 Å². The first-order valence-corrected chi connectivity index (χ1v) is 2.51. The van der Waals surface area contributed by atoms with Crippen LogP contribution >= 0.6 is 0 Å². The summed E-state index contributed by atoms with van der Waals surface area (Å²) in [6.07, 6.45) is 1.93. The van der Waals surface area contributed by atoms with Crippen molar-refractivity contribution in [3.8, 4) is 0 Å². The molecule has 0 bridgehead atoms. The minimum Gasteiger partial charge on any atom is -0.386 e. The third-order valence-electron chi connectivity index (χ3n) is 0.791. The summed E-state index contributed by atoms with van der Waals surface area (Å²) in [6, 6.07) is 0. The zero-order valence-corrected chi connectivity index (χ0v) is 5.36. The monoisotopic (exact) mass is 112 g/mol. The molecule has 0 aromatic carbocycles. The molecule has 2 heteroatoms. The summed E-state index contributed by atoms with van der Waals surface area (Å²) in [6.45, 7) is 7.33. The molecule has 0 saturated carbocycles. The van der Waals surface area contributed by atoms with Gasteiger partial charge in [-0.05, 0) is 13.8 Å². The van der Waals surface area contributed by atoms with Gasteiger partial charge in [-0.25, -0.2) is 0 Å². The number of nitrogens with two attached hydrogens (primary N) is 1. The van der Waals surface area contributed by atoms with Crippen LogP contribution < -0.4 is 11.1 Å². The molecule has 0 aliphatic rings. The number of hydrogen-bond donors (Lipinski definition) is 2. The van der Waals surface area contributed by atoms with Crippen molar-refractivity contribution in [1.82, 2.24) is 5.32 Å². The van der Waals surface area contributed by atoms with Gasteiger partial charge in [-0.1, -0.05) is 12.7 Å². The Hall–Kier alpha value is -0.920. The maximum atomic E-state index is 5.22. The first kappa shape index (κ1) is 7.08. The standard InChI is InChI=1S/C6H12N2/c1-4-5(2)8-6(3)7/h4,8H,3,7H2,1-2H3/b5-4+. The van der Waals surface area contributed by atoms with E-state index in [0.717, 1.165) is 5.70 Å². The summed E-state index contributed by atoms with van der Waals surface area (Å²) in [4.78, 5) is 0. The summed E-state index contributed by atoms with van der Waals surface area (Å²) < 4.78 is 0. The maximum absolute atomic E-state index is 5.22. The van der Waals surface area contributed by atoms with Crippen molar-refractivity contribution in [2.75, 3.05) is 0 Å². The number of hydrogen-bond acceptors (Lipinski definition) is 2. The molecule has 0 aromatic rings.